The van der Waals surface area contributed by atoms with Crippen LogP contribution >= 0.6 is 46.4 Å². The third-order valence-electron chi connectivity index (χ3n) is 1.16. The SMILES string of the molecule is COc1c(Cl)c(Cl)nc(Cl)c1Cl. The van der Waals surface area contributed by atoms with Crippen molar-refractivity contribution in [1.29, 1.82) is 0 Å². The Bertz CT molecular complexity index is 289. The van der Waals surface area contributed by atoms with Gasteiger partial charge in [-0.15, -0.1) is 0 Å². The van der Waals surface area contributed by atoms with Gasteiger partial charge in [0.15, 0.2) is 16.1 Å². The van der Waals surface area contributed by atoms with Crippen molar-refractivity contribution in [3.05, 3.63) is 20.4 Å². The predicted molar refractivity (Wildman–Crippen MR) is 50.8 cm³/mol. The molecule has 0 radical (unpaired) electrons. The van der Waals surface area contributed by atoms with Crippen LogP contribution in [0, 0.1) is 0 Å². The van der Waals surface area contributed by atoms with Crippen LogP contribution in [0.4, 0.5) is 0 Å². The van der Waals surface area contributed by atoms with E-state index in [4.69, 9.17) is 51.1 Å². The third kappa shape index (κ3) is 1.72. The van der Waals surface area contributed by atoms with Gasteiger partial charge in [-0.3, -0.25) is 0 Å². The van der Waals surface area contributed by atoms with E-state index in [0.29, 0.717) is 0 Å². The quantitative estimate of drug-likeness (QED) is 0.705. The number of methoxy groups -OCH3 is 1. The number of hydrogen-bond donors (Lipinski definition) is 0. The molecular weight excluding hydrogens is 244 g/mol. The molecule has 1 aromatic heterocycles. The standard InChI is InChI=1S/C6H3Cl4NO/c1-12-4-2(7)5(9)11-6(10)3(4)8/h1H3. The number of ether oxygens (including phenoxy) is 1. The van der Waals surface area contributed by atoms with Gasteiger partial charge in [-0.05, 0) is 0 Å². The van der Waals surface area contributed by atoms with Crippen molar-refractivity contribution in [2.75, 3.05) is 7.11 Å². The molecule has 1 aromatic rings. The molecule has 0 saturated heterocycles. The van der Waals surface area contributed by atoms with Crippen LogP contribution in [0.5, 0.6) is 5.75 Å². The Hall–Kier alpha value is 0.110. The first-order valence-corrected chi connectivity index (χ1v) is 4.33. The van der Waals surface area contributed by atoms with Gasteiger partial charge >= 0.3 is 0 Å². The maximum Gasteiger partial charge on any atom is 0.162 e. The van der Waals surface area contributed by atoms with Crippen molar-refractivity contribution in [2.45, 2.75) is 0 Å². The average molecular weight is 247 g/mol. The van der Waals surface area contributed by atoms with Crippen molar-refractivity contribution in [1.82, 2.24) is 4.98 Å². The number of pyridine rings is 1. The molecule has 1 rings (SSSR count). The predicted octanol–water partition coefficient (Wildman–Crippen LogP) is 3.70. The highest BCUT2D eigenvalue weighted by Gasteiger charge is 2.15. The summed E-state index contributed by atoms with van der Waals surface area (Å²) in [6.45, 7) is 0. The fourth-order valence-electron chi connectivity index (χ4n) is 0.647. The van der Waals surface area contributed by atoms with Crippen molar-refractivity contribution in [3.63, 3.8) is 0 Å². The molecule has 0 bridgehead atoms. The topological polar surface area (TPSA) is 22.1 Å². The van der Waals surface area contributed by atoms with Crippen molar-refractivity contribution >= 4 is 46.4 Å². The summed E-state index contributed by atoms with van der Waals surface area (Å²) in [5, 5.41) is 0.466. The Morgan fingerprint density at radius 2 is 1.42 bits per heavy atom. The molecular formula is C6H3Cl4NO. The second kappa shape index (κ2) is 3.88. The van der Waals surface area contributed by atoms with Crippen molar-refractivity contribution < 1.29 is 4.74 Å². The minimum absolute atomic E-state index is 0.0721. The van der Waals surface area contributed by atoms with E-state index in [1.54, 1.807) is 0 Å². The number of hydrogen-bond acceptors (Lipinski definition) is 2. The van der Waals surface area contributed by atoms with E-state index < -0.39 is 0 Å². The molecule has 2 nitrogen and oxygen atoms in total. The largest absolute Gasteiger partial charge is 0.493 e. The molecule has 1 heterocycles. The van der Waals surface area contributed by atoms with Gasteiger partial charge in [0, 0.05) is 0 Å². The molecule has 0 aliphatic carbocycles. The van der Waals surface area contributed by atoms with Crippen LogP contribution in [-0.4, -0.2) is 12.1 Å². The van der Waals surface area contributed by atoms with E-state index in [9.17, 15) is 0 Å². The van der Waals surface area contributed by atoms with Gasteiger partial charge in [0.05, 0.1) is 7.11 Å². The van der Waals surface area contributed by atoms with E-state index in [-0.39, 0.29) is 26.1 Å². The number of rotatable bonds is 1. The zero-order valence-electron chi connectivity index (χ0n) is 5.87. The molecule has 0 atom stereocenters. The second-order valence-corrected chi connectivity index (χ2v) is 3.33. The fraction of sp³-hybridized carbons (Fsp3) is 0.167. The Labute approximate surface area is 89.3 Å². The van der Waals surface area contributed by atoms with E-state index in [2.05, 4.69) is 4.98 Å². The molecule has 0 saturated carbocycles. The Morgan fingerprint density at radius 1 is 1.00 bits per heavy atom. The van der Waals surface area contributed by atoms with Gasteiger partial charge in [-0.1, -0.05) is 46.4 Å². The summed E-state index contributed by atoms with van der Waals surface area (Å²) < 4.78 is 4.86. The lowest BCUT2D eigenvalue weighted by Crippen LogP contribution is -1.89. The summed E-state index contributed by atoms with van der Waals surface area (Å²) >= 11 is 22.6. The van der Waals surface area contributed by atoms with Crippen LogP contribution in [0.3, 0.4) is 0 Å². The molecule has 6 heteroatoms. The fourth-order valence-corrected chi connectivity index (χ4v) is 1.51. The van der Waals surface area contributed by atoms with Crippen LogP contribution < -0.4 is 4.74 Å². The first-order chi connectivity index (χ1) is 5.57. The van der Waals surface area contributed by atoms with E-state index in [1.807, 2.05) is 0 Å². The molecule has 0 aromatic carbocycles. The van der Waals surface area contributed by atoms with Gasteiger partial charge in [0.2, 0.25) is 0 Å². The highest BCUT2D eigenvalue weighted by molar-refractivity contribution is 6.47. The molecule has 0 amide bonds. The van der Waals surface area contributed by atoms with E-state index in [1.165, 1.54) is 7.11 Å². The average Bonchev–Trinajstić information content (AvgIpc) is 2.02. The van der Waals surface area contributed by atoms with E-state index in [0.717, 1.165) is 0 Å². The summed E-state index contributed by atoms with van der Waals surface area (Å²) in [7, 11) is 1.42. The molecule has 0 aliphatic heterocycles. The highest BCUT2D eigenvalue weighted by Crippen LogP contribution is 2.40. The van der Waals surface area contributed by atoms with Crippen LogP contribution in [0.1, 0.15) is 0 Å². The van der Waals surface area contributed by atoms with Crippen LogP contribution in [0.25, 0.3) is 0 Å². The smallest absolute Gasteiger partial charge is 0.162 e. The summed E-state index contributed by atoms with van der Waals surface area (Å²) in [6, 6.07) is 0. The lowest BCUT2D eigenvalue weighted by molar-refractivity contribution is 0.415. The molecule has 0 aliphatic rings. The normalized spacial score (nSPS) is 10.1. The van der Waals surface area contributed by atoms with Crippen molar-refractivity contribution in [2.24, 2.45) is 0 Å². The number of nitrogens with zero attached hydrogens (tertiary/aromatic N) is 1. The maximum atomic E-state index is 5.71. The Balaban J connectivity index is 3.42. The van der Waals surface area contributed by atoms with Crippen LogP contribution in [0.2, 0.25) is 20.4 Å². The van der Waals surface area contributed by atoms with Crippen LogP contribution in [-0.2, 0) is 0 Å². The molecule has 12 heavy (non-hydrogen) atoms. The lowest BCUT2D eigenvalue weighted by Gasteiger charge is -2.06. The van der Waals surface area contributed by atoms with Gasteiger partial charge in [-0.25, -0.2) is 4.98 Å². The number of halogens is 4. The first-order valence-electron chi connectivity index (χ1n) is 2.82. The van der Waals surface area contributed by atoms with Gasteiger partial charge in [0.25, 0.3) is 0 Å². The molecule has 0 unspecified atom stereocenters. The summed E-state index contributed by atoms with van der Waals surface area (Å²) in [4.78, 5) is 3.67. The molecule has 0 N–H and O–H groups in total. The minimum atomic E-state index is 0.0721. The zero-order chi connectivity index (χ0) is 9.30. The summed E-state index contributed by atoms with van der Waals surface area (Å²) in [5.41, 5.74) is 0. The molecule has 0 fully saturated rings. The molecule has 66 valence electrons. The van der Waals surface area contributed by atoms with Gasteiger partial charge in [0.1, 0.15) is 10.0 Å². The lowest BCUT2D eigenvalue weighted by atomic mass is 10.4. The third-order valence-corrected chi connectivity index (χ3v) is 2.60. The number of aromatic nitrogens is 1. The van der Waals surface area contributed by atoms with Gasteiger partial charge in [-0.2, -0.15) is 0 Å². The minimum Gasteiger partial charge on any atom is -0.493 e. The first kappa shape index (κ1) is 10.2. The van der Waals surface area contributed by atoms with E-state index >= 15 is 0 Å². The highest BCUT2D eigenvalue weighted by atomic mass is 35.5. The Morgan fingerprint density at radius 3 is 1.75 bits per heavy atom. The molecule has 0 spiro atoms. The van der Waals surface area contributed by atoms with Crippen molar-refractivity contribution in [3.8, 4) is 5.75 Å². The zero-order valence-corrected chi connectivity index (χ0v) is 8.89. The second-order valence-electron chi connectivity index (χ2n) is 1.85. The summed E-state index contributed by atoms with van der Waals surface area (Å²) in [6.07, 6.45) is 0. The Kier molecular flexibility index (Phi) is 3.29. The van der Waals surface area contributed by atoms with Crippen LogP contribution in [0.15, 0.2) is 0 Å². The maximum absolute atomic E-state index is 5.71. The van der Waals surface area contributed by atoms with Gasteiger partial charge < -0.3 is 4.74 Å². The summed E-state index contributed by atoms with van der Waals surface area (Å²) in [5.74, 6) is 0.239. The monoisotopic (exact) mass is 245 g/mol.